The van der Waals surface area contributed by atoms with E-state index < -0.39 is 18.0 Å². The number of hydrogen-bond acceptors (Lipinski definition) is 8. The molecule has 0 amide bonds. The fourth-order valence-corrected chi connectivity index (χ4v) is 5.83. The number of benzene rings is 3. The minimum atomic E-state index is -0.815. The first-order valence-electron chi connectivity index (χ1n) is 12.3. The number of rotatable bonds is 6. The number of ether oxygens (including phenoxy) is 3. The van der Waals surface area contributed by atoms with E-state index in [1.165, 1.54) is 18.4 Å². The second kappa shape index (κ2) is 10.7. The number of fused-ring (bicyclic) bond motifs is 2. The van der Waals surface area contributed by atoms with Crippen molar-refractivity contribution in [2.24, 2.45) is 4.99 Å². The van der Waals surface area contributed by atoms with Crippen LogP contribution in [0.5, 0.6) is 5.75 Å². The number of carbonyl (C=O) groups excluding carboxylic acids is 2. The molecule has 8 nitrogen and oxygen atoms in total. The number of esters is 2. The Balaban J connectivity index is 1.77. The van der Waals surface area contributed by atoms with Gasteiger partial charge in [0.1, 0.15) is 11.8 Å². The molecule has 0 aliphatic carbocycles. The van der Waals surface area contributed by atoms with E-state index >= 15 is 0 Å². The van der Waals surface area contributed by atoms with E-state index in [9.17, 15) is 14.4 Å². The van der Waals surface area contributed by atoms with E-state index in [1.807, 2.05) is 36.4 Å². The zero-order valence-corrected chi connectivity index (χ0v) is 22.7. The first kappa shape index (κ1) is 26.1. The summed E-state index contributed by atoms with van der Waals surface area (Å²) in [5.74, 6) is -0.429. The molecule has 1 aliphatic rings. The van der Waals surface area contributed by atoms with Crippen LogP contribution in [0, 0.1) is 0 Å². The normalized spacial score (nSPS) is 15.1. The summed E-state index contributed by atoms with van der Waals surface area (Å²) in [6, 6.07) is 17.5. The molecule has 1 aliphatic heterocycles. The zero-order chi connectivity index (χ0) is 27.7. The topological polar surface area (TPSA) is 96.2 Å². The van der Waals surface area contributed by atoms with E-state index in [1.54, 1.807) is 55.9 Å². The van der Waals surface area contributed by atoms with Gasteiger partial charge in [0, 0.05) is 5.56 Å². The van der Waals surface area contributed by atoms with Gasteiger partial charge in [-0.2, -0.15) is 0 Å². The van der Waals surface area contributed by atoms with E-state index in [0.717, 1.165) is 16.3 Å². The van der Waals surface area contributed by atoms with Crippen LogP contribution in [0.4, 0.5) is 0 Å². The summed E-state index contributed by atoms with van der Waals surface area (Å²) < 4.78 is 17.9. The van der Waals surface area contributed by atoms with Gasteiger partial charge in [-0.05, 0) is 54.5 Å². The average Bonchev–Trinajstić information content (AvgIpc) is 3.25. The molecule has 2 heterocycles. The molecular weight excluding hydrogens is 516 g/mol. The number of allylic oxidation sites excluding steroid dienone is 1. The molecule has 1 aromatic heterocycles. The maximum absolute atomic E-state index is 14.0. The molecule has 1 atom stereocenters. The number of nitrogens with zero attached hydrogens (tertiary/aromatic N) is 2. The maximum Gasteiger partial charge on any atom is 0.338 e. The highest BCUT2D eigenvalue weighted by molar-refractivity contribution is 7.07. The van der Waals surface area contributed by atoms with Gasteiger partial charge < -0.3 is 14.2 Å². The Bertz CT molecular complexity index is 1810. The third-order valence-electron chi connectivity index (χ3n) is 6.57. The minimum absolute atomic E-state index is 0.182. The smallest absolute Gasteiger partial charge is 0.338 e. The van der Waals surface area contributed by atoms with Gasteiger partial charge in [0.2, 0.25) is 0 Å². The molecule has 0 fully saturated rings. The van der Waals surface area contributed by atoms with Crippen molar-refractivity contribution in [2.45, 2.75) is 19.9 Å². The second-order valence-electron chi connectivity index (χ2n) is 8.82. The van der Waals surface area contributed by atoms with Crippen LogP contribution >= 0.6 is 11.3 Å². The molecule has 5 rings (SSSR count). The number of aromatic nitrogens is 1. The van der Waals surface area contributed by atoms with Crippen molar-refractivity contribution >= 4 is 40.1 Å². The van der Waals surface area contributed by atoms with Gasteiger partial charge in [0.05, 0.1) is 42.2 Å². The van der Waals surface area contributed by atoms with Gasteiger partial charge in [-0.25, -0.2) is 14.6 Å². The molecule has 3 aromatic carbocycles. The largest absolute Gasteiger partial charge is 0.496 e. The number of thiazole rings is 1. The van der Waals surface area contributed by atoms with Crippen LogP contribution < -0.4 is 19.6 Å². The third-order valence-corrected chi connectivity index (χ3v) is 7.55. The van der Waals surface area contributed by atoms with Crippen LogP contribution in [0.25, 0.3) is 16.8 Å². The van der Waals surface area contributed by atoms with Crippen LogP contribution in [-0.2, 0) is 14.3 Å². The van der Waals surface area contributed by atoms with Gasteiger partial charge in [-0.1, -0.05) is 53.8 Å². The van der Waals surface area contributed by atoms with Gasteiger partial charge >= 0.3 is 11.9 Å². The quantitative estimate of drug-likeness (QED) is 0.345. The number of methoxy groups -OCH3 is 2. The summed E-state index contributed by atoms with van der Waals surface area (Å²) in [4.78, 5) is 44.2. The fourth-order valence-electron chi connectivity index (χ4n) is 4.78. The third kappa shape index (κ3) is 4.66. The highest BCUT2D eigenvalue weighted by Crippen LogP contribution is 2.40. The molecular formula is C30H26N2O6S. The lowest BCUT2D eigenvalue weighted by molar-refractivity contribution is -0.139. The Morgan fingerprint density at radius 2 is 1.77 bits per heavy atom. The summed E-state index contributed by atoms with van der Waals surface area (Å²) in [5, 5.41) is 1.80. The van der Waals surface area contributed by atoms with Crippen LogP contribution in [0.1, 0.15) is 41.4 Å². The molecule has 0 saturated heterocycles. The van der Waals surface area contributed by atoms with Crippen molar-refractivity contribution in [3.63, 3.8) is 0 Å². The van der Waals surface area contributed by atoms with Crippen molar-refractivity contribution in [2.75, 3.05) is 20.8 Å². The first-order chi connectivity index (χ1) is 18.9. The summed E-state index contributed by atoms with van der Waals surface area (Å²) >= 11 is 1.23. The molecule has 4 aromatic rings. The van der Waals surface area contributed by atoms with Crippen molar-refractivity contribution in [3.05, 3.63) is 108 Å². The predicted molar refractivity (Wildman–Crippen MR) is 149 cm³/mol. The maximum atomic E-state index is 14.0. The summed E-state index contributed by atoms with van der Waals surface area (Å²) in [7, 11) is 2.89. The van der Waals surface area contributed by atoms with E-state index in [4.69, 9.17) is 14.2 Å². The van der Waals surface area contributed by atoms with Gasteiger partial charge in [-0.15, -0.1) is 0 Å². The van der Waals surface area contributed by atoms with Crippen LogP contribution in [-0.4, -0.2) is 37.3 Å². The van der Waals surface area contributed by atoms with Crippen molar-refractivity contribution in [3.8, 4) is 5.75 Å². The van der Waals surface area contributed by atoms with Crippen LogP contribution in [0.3, 0.4) is 0 Å². The second-order valence-corrected chi connectivity index (χ2v) is 9.83. The Hall–Kier alpha value is -4.50. The Kier molecular flexibility index (Phi) is 7.17. The van der Waals surface area contributed by atoms with Crippen molar-refractivity contribution < 1.29 is 23.8 Å². The Labute approximate surface area is 228 Å². The highest BCUT2D eigenvalue weighted by Gasteiger charge is 2.36. The van der Waals surface area contributed by atoms with E-state index in [-0.39, 0.29) is 17.7 Å². The molecule has 0 radical (unpaired) electrons. The van der Waals surface area contributed by atoms with Crippen molar-refractivity contribution in [1.29, 1.82) is 0 Å². The standard InChI is InChI=1S/C30H26N2O6S/c1-5-38-29(35)24-17(2)31-30-32(26(24)25-21-9-7-6-8-19(21)14-15-22(25)36-3)27(33)23(39-30)16-18-10-12-20(13-11-18)28(34)37-4/h6-16,26H,5H2,1-4H3/b23-16+/t26-/m1/s1. The van der Waals surface area contributed by atoms with Crippen LogP contribution in [0.15, 0.2) is 81.7 Å². The molecule has 198 valence electrons. The van der Waals surface area contributed by atoms with E-state index in [2.05, 4.69) is 4.99 Å². The minimum Gasteiger partial charge on any atom is -0.496 e. The number of carbonyl (C=O) groups is 2. The van der Waals surface area contributed by atoms with Crippen LogP contribution in [0.2, 0.25) is 0 Å². The molecule has 0 N–H and O–H groups in total. The molecule has 0 spiro atoms. The fraction of sp³-hybridized carbons (Fsp3) is 0.200. The lowest BCUT2D eigenvalue weighted by Crippen LogP contribution is -2.40. The van der Waals surface area contributed by atoms with Crippen molar-refractivity contribution in [1.82, 2.24) is 4.57 Å². The average molecular weight is 543 g/mol. The zero-order valence-electron chi connectivity index (χ0n) is 21.9. The first-order valence-corrected chi connectivity index (χ1v) is 13.1. The lowest BCUT2D eigenvalue weighted by atomic mass is 9.90. The molecule has 0 unspecified atom stereocenters. The van der Waals surface area contributed by atoms with Gasteiger partial charge in [-0.3, -0.25) is 9.36 Å². The summed E-state index contributed by atoms with van der Waals surface area (Å²) in [6.07, 6.45) is 1.74. The highest BCUT2D eigenvalue weighted by atomic mass is 32.1. The molecule has 9 heteroatoms. The molecule has 0 saturated carbocycles. The van der Waals surface area contributed by atoms with E-state index in [0.29, 0.717) is 31.9 Å². The lowest BCUT2D eigenvalue weighted by Gasteiger charge is -2.27. The molecule has 39 heavy (non-hydrogen) atoms. The number of hydrogen-bond donors (Lipinski definition) is 0. The summed E-state index contributed by atoms with van der Waals surface area (Å²) in [5.41, 5.74) is 2.28. The summed E-state index contributed by atoms with van der Waals surface area (Å²) in [6.45, 7) is 3.67. The monoisotopic (exact) mass is 542 g/mol. The SMILES string of the molecule is CCOC(=O)C1=C(C)N=c2s/c(=C/c3ccc(C(=O)OC)cc3)c(=O)n2[C@H]1c1c(OC)ccc2ccccc12. The predicted octanol–water partition coefficient (Wildman–Crippen LogP) is 3.75. The molecule has 0 bridgehead atoms. The van der Waals surface area contributed by atoms with Gasteiger partial charge in [0.25, 0.3) is 5.56 Å². The Morgan fingerprint density at radius 3 is 2.46 bits per heavy atom. The van der Waals surface area contributed by atoms with Gasteiger partial charge in [0.15, 0.2) is 4.80 Å². The Morgan fingerprint density at radius 1 is 1.03 bits per heavy atom.